The molecule has 1 amide bonds. The number of carbonyl (C=O) groups excluding carboxylic acids is 1. The molecule has 1 heterocycles. The molecule has 2 saturated carbocycles. The molecule has 0 bridgehead atoms. The van der Waals surface area contributed by atoms with E-state index in [0.29, 0.717) is 23.9 Å². The van der Waals surface area contributed by atoms with E-state index in [1.165, 1.54) is 19.3 Å². The number of rotatable bonds is 1. The lowest BCUT2D eigenvalue weighted by Gasteiger charge is -2.39. The highest BCUT2D eigenvalue weighted by Gasteiger charge is 2.58. The van der Waals surface area contributed by atoms with Gasteiger partial charge >= 0.3 is 0 Å². The number of hydrogen-bond donors (Lipinski definition) is 1. The van der Waals surface area contributed by atoms with Crippen molar-refractivity contribution in [3.63, 3.8) is 0 Å². The van der Waals surface area contributed by atoms with Crippen LogP contribution in [0.4, 0.5) is 0 Å². The fourth-order valence-corrected chi connectivity index (χ4v) is 3.75. The third-order valence-corrected chi connectivity index (χ3v) is 5.01. The van der Waals surface area contributed by atoms with Gasteiger partial charge < -0.3 is 10.2 Å². The van der Waals surface area contributed by atoms with Gasteiger partial charge in [0.05, 0.1) is 0 Å². The molecular weight excluding hydrogens is 236 g/mol. The van der Waals surface area contributed by atoms with Crippen molar-refractivity contribution in [3.8, 4) is 0 Å². The summed E-state index contributed by atoms with van der Waals surface area (Å²) in [6.07, 6.45) is 3.96. The molecule has 0 aromatic carbocycles. The van der Waals surface area contributed by atoms with Crippen LogP contribution < -0.4 is 5.32 Å². The van der Waals surface area contributed by atoms with Gasteiger partial charge in [0.25, 0.3) is 0 Å². The van der Waals surface area contributed by atoms with Gasteiger partial charge in [-0.3, -0.25) is 4.79 Å². The van der Waals surface area contributed by atoms with Crippen LogP contribution in [0.3, 0.4) is 0 Å². The van der Waals surface area contributed by atoms with Crippen LogP contribution in [0.15, 0.2) is 0 Å². The highest BCUT2D eigenvalue weighted by molar-refractivity contribution is 5.85. The zero-order valence-electron chi connectivity index (χ0n) is 10.7. The van der Waals surface area contributed by atoms with Crippen molar-refractivity contribution in [2.75, 3.05) is 13.1 Å². The number of nitrogens with one attached hydrogen (secondary N) is 1. The van der Waals surface area contributed by atoms with E-state index >= 15 is 0 Å². The number of nitrogens with zero attached hydrogens (tertiary/aromatic N) is 1. The molecule has 0 radical (unpaired) electrons. The second-order valence-electron chi connectivity index (χ2n) is 5.80. The van der Waals surface area contributed by atoms with E-state index in [2.05, 4.69) is 24.1 Å². The Bertz CT molecular complexity index is 300. The van der Waals surface area contributed by atoms with Crippen molar-refractivity contribution in [1.82, 2.24) is 10.2 Å². The Hall–Kier alpha value is -0.280. The summed E-state index contributed by atoms with van der Waals surface area (Å²) in [6.45, 7) is 6.21. The summed E-state index contributed by atoms with van der Waals surface area (Å²) in [5, 5.41) is 3.43. The largest absolute Gasteiger partial charge is 0.337 e. The van der Waals surface area contributed by atoms with Crippen LogP contribution >= 0.6 is 12.4 Å². The Morgan fingerprint density at radius 2 is 1.88 bits per heavy atom. The number of fused-ring (bicyclic) bond motifs is 1. The molecule has 4 heteroatoms. The molecule has 3 aliphatic rings. The smallest absolute Gasteiger partial charge is 0.226 e. The number of amides is 1. The van der Waals surface area contributed by atoms with Gasteiger partial charge in [0, 0.05) is 31.1 Å². The molecule has 98 valence electrons. The third-order valence-electron chi connectivity index (χ3n) is 5.01. The number of halogens is 1. The van der Waals surface area contributed by atoms with Gasteiger partial charge in [-0.1, -0.05) is 6.42 Å². The van der Waals surface area contributed by atoms with Crippen LogP contribution in [0, 0.1) is 17.8 Å². The van der Waals surface area contributed by atoms with Crippen molar-refractivity contribution < 1.29 is 4.79 Å². The highest BCUT2D eigenvalue weighted by atomic mass is 35.5. The topological polar surface area (TPSA) is 32.3 Å². The average molecular weight is 259 g/mol. The molecule has 1 aliphatic heterocycles. The predicted octanol–water partition coefficient (Wildman–Crippen LogP) is 1.66. The molecular formula is C13H23ClN2O. The van der Waals surface area contributed by atoms with Gasteiger partial charge in [0.2, 0.25) is 5.91 Å². The number of piperazine rings is 1. The average Bonchev–Trinajstić information content (AvgIpc) is 2.75. The Morgan fingerprint density at radius 3 is 2.53 bits per heavy atom. The number of carbonyl (C=O) groups is 1. The van der Waals surface area contributed by atoms with Crippen molar-refractivity contribution in [1.29, 1.82) is 0 Å². The van der Waals surface area contributed by atoms with Gasteiger partial charge in [-0.15, -0.1) is 12.4 Å². The van der Waals surface area contributed by atoms with Crippen molar-refractivity contribution in [3.05, 3.63) is 0 Å². The summed E-state index contributed by atoms with van der Waals surface area (Å²) in [5.41, 5.74) is 0. The minimum absolute atomic E-state index is 0. The van der Waals surface area contributed by atoms with Gasteiger partial charge in [-0.25, -0.2) is 0 Å². The minimum atomic E-state index is 0. The van der Waals surface area contributed by atoms with Crippen LogP contribution in [0.2, 0.25) is 0 Å². The van der Waals surface area contributed by atoms with E-state index in [0.717, 1.165) is 24.9 Å². The fraction of sp³-hybridized carbons (Fsp3) is 0.923. The predicted molar refractivity (Wildman–Crippen MR) is 70.2 cm³/mol. The van der Waals surface area contributed by atoms with E-state index in [4.69, 9.17) is 0 Å². The zero-order chi connectivity index (χ0) is 11.3. The lowest BCUT2D eigenvalue weighted by molar-refractivity contribution is -0.137. The van der Waals surface area contributed by atoms with Crippen LogP contribution in [0.25, 0.3) is 0 Å². The second-order valence-corrected chi connectivity index (χ2v) is 5.80. The summed E-state index contributed by atoms with van der Waals surface area (Å²) >= 11 is 0. The Balaban J connectivity index is 0.00000108. The summed E-state index contributed by atoms with van der Waals surface area (Å²) in [6, 6.07) is 0.805. The Labute approximate surface area is 110 Å². The van der Waals surface area contributed by atoms with Crippen LogP contribution in [0.1, 0.15) is 33.1 Å². The fourth-order valence-electron chi connectivity index (χ4n) is 3.75. The van der Waals surface area contributed by atoms with E-state index in [-0.39, 0.29) is 12.4 Å². The van der Waals surface area contributed by atoms with E-state index in [1.54, 1.807) is 0 Å². The monoisotopic (exact) mass is 258 g/mol. The van der Waals surface area contributed by atoms with Gasteiger partial charge in [-0.05, 0) is 38.5 Å². The van der Waals surface area contributed by atoms with Crippen LogP contribution in [-0.4, -0.2) is 36.0 Å². The SMILES string of the molecule is CC1NCCN(C(=O)C2C3CCCC32)C1C.Cl. The van der Waals surface area contributed by atoms with Gasteiger partial charge in [0.1, 0.15) is 0 Å². The third kappa shape index (κ3) is 2.08. The maximum Gasteiger partial charge on any atom is 0.226 e. The first-order valence-corrected chi connectivity index (χ1v) is 6.74. The van der Waals surface area contributed by atoms with Crippen molar-refractivity contribution in [2.24, 2.45) is 17.8 Å². The lowest BCUT2D eigenvalue weighted by atomic mass is 10.0. The summed E-state index contributed by atoms with van der Waals surface area (Å²) < 4.78 is 0. The first kappa shape index (κ1) is 13.2. The maximum atomic E-state index is 12.4. The standard InChI is InChI=1S/C13H22N2O.ClH/c1-8-9(2)15(7-6-14-8)13(16)12-10-4-3-5-11(10)12;/h8-12,14H,3-7H2,1-2H3;1H. The molecule has 1 N–H and O–H groups in total. The molecule has 4 atom stereocenters. The van der Waals surface area contributed by atoms with Crippen molar-refractivity contribution >= 4 is 18.3 Å². The van der Waals surface area contributed by atoms with E-state index < -0.39 is 0 Å². The molecule has 1 saturated heterocycles. The molecule has 4 unspecified atom stereocenters. The molecule has 17 heavy (non-hydrogen) atoms. The molecule has 3 fully saturated rings. The Kier molecular flexibility index (Phi) is 3.69. The normalized spacial score (nSPS) is 43.9. The van der Waals surface area contributed by atoms with Gasteiger partial charge in [0.15, 0.2) is 0 Å². The first-order valence-electron chi connectivity index (χ1n) is 6.74. The number of hydrogen-bond acceptors (Lipinski definition) is 2. The van der Waals surface area contributed by atoms with E-state index in [1.807, 2.05) is 0 Å². The molecule has 2 aliphatic carbocycles. The summed E-state index contributed by atoms with van der Waals surface area (Å²) in [7, 11) is 0. The summed E-state index contributed by atoms with van der Waals surface area (Å²) in [4.78, 5) is 14.6. The second kappa shape index (κ2) is 4.77. The van der Waals surface area contributed by atoms with E-state index in [9.17, 15) is 4.79 Å². The minimum Gasteiger partial charge on any atom is -0.337 e. The molecule has 0 spiro atoms. The zero-order valence-corrected chi connectivity index (χ0v) is 11.5. The highest BCUT2D eigenvalue weighted by Crippen LogP contribution is 2.58. The molecule has 0 aromatic heterocycles. The first-order chi connectivity index (χ1) is 7.70. The molecule has 3 nitrogen and oxygen atoms in total. The molecule has 0 aromatic rings. The summed E-state index contributed by atoms with van der Waals surface area (Å²) in [5.74, 6) is 2.37. The lowest BCUT2D eigenvalue weighted by Crippen LogP contribution is -2.57. The maximum absolute atomic E-state index is 12.4. The van der Waals surface area contributed by atoms with Crippen molar-refractivity contribution in [2.45, 2.75) is 45.2 Å². The molecule has 3 rings (SSSR count). The Morgan fingerprint density at radius 1 is 1.24 bits per heavy atom. The van der Waals surface area contributed by atoms with Gasteiger partial charge in [-0.2, -0.15) is 0 Å². The van der Waals surface area contributed by atoms with Crippen LogP contribution in [0.5, 0.6) is 0 Å². The quantitative estimate of drug-likeness (QED) is 0.776. The van der Waals surface area contributed by atoms with Crippen LogP contribution in [-0.2, 0) is 4.79 Å².